The molecule has 0 saturated carbocycles. The zero-order valence-electron chi connectivity index (χ0n) is 15.8. The van der Waals surface area contributed by atoms with Gasteiger partial charge in [0.15, 0.2) is 11.5 Å². The average molecular weight is 379 g/mol. The summed E-state index contributed by atoms with van der Waals surface area (Å²) in [5.74, 6) is 0.436. The van der Waals surface area contributed by atoms with Gasteiger partial charge in [-0.2, -0.15) is 5.10 Å². The molecule has 0 fully saturated rings. The minimum Gasteiger partial charge on any atom is -0.309 e. The number of aryl methyl sites for hydroxylation is 1. The summed E-state index contributed by atoms with van der Waals surface area (Å²) in [5.41, 5.74) is 3.09. The molecule has 0 radical (unpaired) electrons. The Labute approximate surface area is 161 Å². The Morgan fingerprint density at radius 3 is 2.67 bits per heavy atom. The predicted molar refractivity (Wildman–Crippen MR) is 109 cm³/mol. The van der Waals surface area contributed by atoms with E-state index in [0.29, 0.717) is 17.9 Å². The van der Waals surface area contributed by atoms with Crippen molar-refractivity contribution in [3.05, 3.63) is 42.1 Å². The SMILES string of the molecule is Cc1ccc2nc(NC(=O)CC(C)(C)C)c(-c3nc4ccccc4s3)n2n1. The Morgan fingerprint density at radius 2 is 1.93 bits per heavy atom. The van der Waals surface area contributed by atoms with E-state index in [2.05, 4.69) is 15.4 Å². The second kappa shape index (κ2) is 6.42. The van der Waals surface area contributed by atoms with Gasteiger partial charge >= 0.3 is 0 Å². The number of hydrogen-bond acceptors (Lipinski definition) is 5. The van der Waals surface area contributed by atoms with Crippen LogP contribution in [0.25, 0.3) is 26.6 Å². The van der Waals surface area contributed by atoms with Gasteiger partial charge in [0, 0.05) is 6.42 Å². The van der Waals surface area contributed by atoms with E-state index in [1.807, 2.05) is 64.1 Å². The number of carbonyl (C=O) groups is 1. The first-order valence-electron chi connectivity index (χ1n) is 8.82. The van der Waals surface area contributed by atoms with Crippen LogP contribution in [0.15, 0.2) is 36.4 Å². The first-order chi connectivity index (χ1) is 12.8. The smallest absolute Gasteiger partial charge is 0.226 e. The lowest BCUT2D eigenvalue weighted by Gasteiger charge is -2.16. The zero-order chi connectivity index (χ0) is 19.2. The maximum Gasteiger partial charge on any atom is 0.226 e. The number of imidazole rings is 1. The number of nitrogens with one attached hydrogen (secondary N) is 1. The number of thiazole rings is 1. The first kappa shape index (κ1) is 17.6. The minimum atomic E-state index is -0.103. The van der Waals surface area contributed by atoms with Gasteiger partial charge in [-0.25, -0.2) is 14.5 Å². The topological polar surface area (TPSA) is 72.2 Å². The lowest BCUT2D eigenvalue weighted by Crippen LogP contribution is -2.20. The highest BCUT2D eigenvalue weighted by molar-refractivity contribution is 7.21. The molecular formula is C20H21N5OS. The Balaban J connectivity index is 1.86. The van der Waals surface area contributed by atoms with Gasteiger partial charge in [-0.15, -0.1) is 11.3 Å². The summed E-state index contributed by atoms with van der Waals surface area (Å²) in [6.45, 7) is 8.04. The van der Waals surface area contributed by atoms with E-state index >= 15 is 0 Å². The van der Waals surface area contributed by atoms with Crippen LogP contribution in [-0.4, -0.2) is 25.5 Å². The van der Waals surface area contributed by atoms with E-state index in [-0.39, 0.29) is 11.3 Å². The maximum atomic E-state index is 12.5. The molecule has 0 unspecified atom stereocenters. The van der Waals surface area contributed by atoms with Gasteiger partial charge in [0.25, 0.3) is 0 Å². The van der Waals surface area contributed by atoms with Crippen molar-refractivity contribution in [3.8, 4) is 10.7 Å². The molecule has 7 heteroatoms. The third kappa shape index (κ3) is 3.55. The van der Waals surface area contributed by atoms with Gasteiger partial charge in [-0.1, -0.05) is 32.9 Å². The van der Waals surface area contributed by atoms with Crippen LogP contribution in [-0.2, 0) is 4.79 Å². The molecule has 0 aliphatic rings. The molecule has 0 saturated heterocycles. The summed E-state index contributed by atoms with van der Waals surface area (Å²) in [4.78, 5) is 21.9. The van der Waals surface area contributed by atoms with Gasteiger partial charge in [0.2, 0.25) is 5.91 Å². The van der Waals surface area contributed by atoms with Gasteiger partial charge in [-0.05, 0) is 36.6 Å². The quantitative estimate of drug-likeness (QED) is 0.560. The van der Waals surface area contributed by atoms with Crippen molar-refractivity contribution >= 4 is 38.9 Å². The molecule has 3 aromatic heterocycles. The van der Waals surface area contributed by atoms with Crippen LogP contribution in [0.5, 0.6) is 0 Å². The number of benzene rings is 1. The lowest BCUT2D eigenvalue weighted by molar-refractivity contribution is -0.117. The van der Waals surface area contributed by atoms with E-state index in [0.717, 1.165) is 26.6 Å². The van der Waals surface area contributed by atoms with Crippen molar-refractivity contribution in [2.45, 2.75) is 34.1 Å². The first-order valence-corrected chi connectivity index (χ1v) is 9.64. The van der Waals surface area contributed by atoms with Crippen molar-refractivity contribution in [1.82, 2.24) is 19.6 Å². The second-order valence-electron chi connectivity index (χ2n) is 7.83. The van der Waals surface area contributed by atoms with Crippen LogP contribution in [0.4, 0.5) is 5.82 Å². The molecule has 1 N–H and O–H groups in total. The normalized spacial score (nSPS) is 12.0. The highest BCUT2D eigenvalue weighted by atomic mass is 32.1. The summed E-state index contributed by atoms with van der Waals surface area (Å²) in [6, 6.07) is 11.8. The summed E-state index contributed by atoms with van der Waals surface area (Å²) in [5, 5.41) is 8.35. The molecule has 0 aliphatic heterocycles. The standard InChI is InChI=1S/C20H21N5OS/c1-12-9-10-15-22-18(23-16(26)11-20(2,3)4)17(25(15)24-12)19-21-13-7-5-6-8-14(13)27-19/h5-10H,11H2,1-4H3,(H,23,26). The molecule has 0 bridgehead atoms. The van der Waals surface area contributed by atoms with Gasteiger partial charge < -0.3 is 5.32 Å². The van der Waals surface area contributed by atoms with E-state index in [1.165, 1.54) is 0 Å². The van der Waals surface area contributed by atoms with E-state index in [4.69, 9.17) is 4.98 Å². The van der Waals surface area contributed by atoms with Crippen LogP contribution in [0.2, 0.25) is 0 Å². The summed E-state index contributed by atoms with van der Waals surface area (Å²) in [7, 11) is 0. The summed E-state index contributed by atoms with van der Waals surface area (Å²) < 4.78 is 2.85. The number of para-hydroxylation sites is 1. The van der Waals surface area contributed by atoms with Crippen LogP contribution in [0.3, 0.4) is 0 Å². The Morgan fingerprint density at radius 1 is 1.15 bits per heavy atom. The third-order valence-corrected chi connectivity index (χ3v) is 5.10. The third-order valence-electron chi connectivity index (χ3n) is 4.06. The zero-order valence-corrected chi connectivity index (χ0v) is 16.6. The van der Waals surface area contributed by atoms with Gasteiger partial charge in [0.1, 0.15) is 10.7 Å². The Bertz CT molecular complexity index is 1120. The Hall–Kier alpha value is -2.80. The van der Waals surface area contributed by atoms with Crippen molar-refractivity contribution < 1.29 is 4.79 Å². The number of nitrogens with zero attached hydrogens (tertiary/aromatic N) is 4. The molecule has 0 atom stereocenters. The molecule has 4 rings (SSSR count). The minimum absolute atomic E-state index is 0.0648. The van der Waals surface area contributed by atoms with Crippen molar-refractivity contribution in [1.29, 1.82) is 0 Å². The number of rotatable bonds is 3. The van der Waals surface area contributed by atoms with E-state index in [9.17, 15) is 4.79 Å². The molecule has 138 valence electrons. The number of anilines is 1. The summed E-state index contributed by atoms with van der Waals surface area (Å²) >= 11 is 1.57. The van der Waals surface area contributed by atoms with E-state index < -0.39 is 0 Å². The predicted octanol–water partition coefficient (Wildman–Crippen LogP) is 4.69. The van der Waals surface area contributed by atoms with Crippen molar-refractivity contribution in [2.24, 2.45) is 5.41 Å². The Kier molecular flexibility index (Phi) is 4.19. The van der Waals surface area contributed by atoms with Crippen LogP contribution < -0.4 is 5.32 Å². The van der Waals surface area contributed by atoms with Gasteiger partial charge in [0.05, 0.1) is 15.9 Å². The highest BCUT2D eigenvalue weighted by Crippen LogP contribution is 2.35. The lowest BCUT2D eigenvalue weighted by atomic mass is 9.92. The molecule has 27 heavy (non-hydrogen) atoms. The average Bonchev–Trinajstić information content (AvgIpc) is 3.12. The second-order valence-corrected chi connectivity index (χ2v) is 8.86. The van der Waals surface area contributed by atoms with Crippen LogP contribution >= 0.6 is 11.3 Å². The summed E-state index contributed by atoms with van der Waals surface area (Å²) in [6.07, 6.45) is 0.409. The van der Waals surface area contributed by atoms with Crippen molar-refractivity contribution in [2.75, 3.05) is 5.32 Å². The van der Waals surface area contributed by atoms with Crippen LogP contribution in [0.1, 0.15) is 32.9 Å². The number of hydrogen-bond donors (Lipinski definition) is 1. The molecule has 0 spiro atoms. The fourth-order valence-corrected chi connectivity index (χ4v) is 3.93. The number of carbonyl (C=O) groups excluding carboxylic acids is 1. The fourth-order valence-electron chi connectivity index (χ4n) is 2.94. The van der Waals surface area contributed by atoms with Crippen molar-refractivity contribution in [3.63, 3.8) is 0 Å². The van der Waals surface area contributed by atoms with Crippen LogP contribution in [0, 0.1) is 12.3 Å². The molecular weight excluding hydrogens is 358 g/mol. The van der Waals surface area contributed by atoms with E-state index in [1.54, 1.807) is 15.9 Å². The molecule has 1 aromatic carbocycles. The molecule has 0 aliphatic carbocycles. The largest absolute Gasteiger partial charge is 0.309 e. The van der Waals surface area contributed by atoms with Gasteiger partial charge in [-0.3, -0.25) is 4.79 Å². The monoisotopic (exact) mass is 379 g/mol. The molecule has 3 heterocycles. The molecule has 1 amide bonds. The number of fused-ring (bicyclic) bond motifs is 2. The fraction of sp³-hybridized carbons (Fsp3) is 0.300. The highest BCUT2D eigenvalue weighted by Gasteiger charge is 2.23. The number of amides is 1. The molecule has 6 nitrogen and oxygen atoms in total. The maximum absolute atomic E-state index is 12.5. The molecule has 4 aromatic rings. The number of aromatic nitrogens is 4.